The van der Waals surface area contributed by atoms with Crippen LogP contribution in [0, 0.1) is 12.7 Å². The number of rotatable bonds is 2. The Morgan fingerprint density at radius 1 is 1.32 bits per heavy atom. The third-order valence-corrected chi connectivity index (χ3v) is 2.97. The highest BCUT2D eigenvalue weighted by Gasteiger charge is 2.14. The van der Waals surface area contributed by atoms with Crippen LogP contribution in [0.15, 0.2) is 36.4 Å². The minimum absolute atomic E-state index is 0.0850. The number of benzene rings is 2. The lowest BCUT2D eigenvalue weighted by Gasteiger charge is -2.09. The molecule has 0 aliphatic heterocycles. The van der Waals surface area contributed by atoms with E-state index in [1.54, 1.807) is 19.1 Å². The van der Waals surface area contributed by atoms with Crippen LogP contribution in [0.25, 0.3) is 0 Å². The largest absolute Gasteiger partial charge is 0.507 e. The van der Waals surface area contributed by atoms with Crippen LogP contribution in [0.4, 0.5) is 10.1 Å². The van der Waals surface area contributed by atoms with Gasteiger partial charge in [-0.2, -0.15) is 0 Å². The number of para-hydroxylation sites is 1. The molecule has 1 amide bonds. The molecule has 2 rings (SSSR count). The summed E-state index contributed by atoms with van der Waals surface area (Å²) in [6.07, 6.45) is 0. The Balaban J connectivity index is 2.28. The van der Waals surface area contributed by atoms with Crippen molar-refractivity contribution in [2.45, 2.75) is 6.92 Å². The summed E-state index contributed by atoms with van der Waals surface area (Å²) in [6, 6.07) is 8.51. The topological polar surface area (TPSA) is 49.3 Å². The first-order chi connectivity index (χ1) is 8.99. The Kier molecular flexibility index (Phi) is 3.71. The van der Waals surface area contributed by atoms with E-state index in [1.807, 2.05) is 0 Å². The number of aryl methyl sites for hydroxylation is 1. The lowest BCUT2D eigenvalue weighted by atomic mass is 10.1. The number of amides is 1. The molecular weight excluding hydrogens is 269 g/mol. The van der Waals surface area contributed by atoms with Crippen molar-refractivity contribution in [2.24, 2.45) is 0 Å². The fraction of sp³-hybridized carbons (Fsp3) is 0.0714. The number of halogens is 2. The van der Waals surface area contributed by atoms with E-state index in [2.05, 4.69) is 5.32 Å². The van der Waals surface area contributed by atoms with Crippen LogP contribution in [-0.4, -0.2) is 11.0 Å². The number of carbonyl (C=O) groups is 1. The summed E-state index contributed by atoms with van der Waals surface area (Å²) < 4.78 is 12.9. The van der Waals surface area contributed by atoms with Crippen LogP contribution in [-0.2, 0) is 0 Å². The number of anilines is 1. The molecule has 0 fully saturated rings. The van der Waals surface area contributed by atoms with E-state index in [4.69, 9.17) is 11.6 Å². The summed E-state index contributed by atoms with van der Waals surface area (Å²) >= 11 is 5.81. The molecule has 0 radical (unpaired) electrons. The van der Waals surface area contributed by atoms with Gasteiger partial charge in [0, 0.05) is 0 Å². The van der Waals surface area contributed by atoms with Crippen molar-refractivity contribution in [3.8, 4) is 5.75 Å². The van der Waals surface area contributed by atoms with Crippen molar-refractivity contribution in [3.05, 3.63) is 58.4 Å². The van der Waals surface area contributed by atoms with Gasteiger partial charge >= 0.3 is 0 Å². The van der Waals surface area contributed by atoms with Gasteiger partial charge in [0.1, 0.15) is 11.6 Å². The second kappa shape index (κ2) is 5.28. The SMILES string of the molecule is Cc1cccc(C(=O)Nc2ccc(F)cc2Cl)c1O. The van der Waals surface area contributed by atoms with Gasteiger partial charge in [-0.25, -0.2) is 4.39 Å². The molecular formula is C14H11ClFNO2. The predicted octanol–water partition coefficient (Wildman–Crippen LogP) is 3.75. The average Bonchev–Trinajstić information content (AvgIpc) is 2.36. The van der Waals surface area contributed by atoms with E-state index >= 15 is 0 Å². The Morgan fingerprint density at radius 2 is 2.05 bits per heavy atom. The molecule has 3 nitrogen and oxygen atoms in total. The zero-order valence-corrected chi connectivity index (χ0v) is 10.8. The van der Waals surface area contributed by atoms with Gasteiger partial charge in [-0.15, -0.1) is 0 Å². The molecule has 0 aliphatic carbocycles. The molecule has 0 saturated carbocycles. The van der Waals surface area contributed by atoms with Crippen LogP contribution < -0.4 is 5.32 Å². The maximum absolute atomic E-state index is 12.9. The zero-order valence-electron chi connectivity index (χ0n) is 10.1. The highest BCUT2D eigenvalue weighted by molar-refractivity contribution is 6.34. The van der Waals surface area contributed by atoms with Crippen molar-refractivity contribution in [1.29, 1.82) is 0 Å². The van der Waals surface area contributed by atoms with Crippen molar-refractivity contribution in [3.63, 3.8) is 0 Å². The van der Waals surface area contributed by atoms with Gasteiger partial charge in [-0.3, -0.25) is 4.79 Å². The Bertz CT molecular complexity index is 643. The molecule has 0 aliphatic rings. The first kappa shape index (κ1) is 13.4. The highest BCUT2D eigenvalue weighted by atomic mass is 35.5. The van der Waals surface area contributed by atoms with E-state index < -0.39 is 11.7 Å². The molecule has 19 heavy (non-hydrogen) atoms. The Morgan fingerprint density at radius 3 is 2.74 bits per heavy atom. The molecule has 0 saturated heterocycles. The molecule has 2 N–H and O–H groups in total. The van der Waals surface area contributed by atoms with Gasteiger partial charge < -0.3 is 10.4 Å². The monoisotopic (exact) mass is 279 g/mol. The molecule has 0 unspecified atom stereocenters. The second-order valence-electron chi connectivity index (χ2n) is 4.05. The smallest absolute Gasteiger partial charge is 0.259 e. The van der Waals surface area contributed by atoms with E-state index in [1.165, 1.54) is 18.2 Å². The quantitative estimate of drug-likeness (QED) is 0.880. The Hall–Kier alpha value is -2.07. The molecule has 2 aromatic rings. The zero-order chi connectivity index (χ0) is 14.0. The number of hydrogen-bond acceptors (Lipinski definition) is 2. The van der Waals surface area contributed by atoms with Crippen LogP contribution in [0.3, 0.4) is 0 Å². The van der Waals surface area contributed by atoms with Crippen LogP contribution in [0.1, 0.15) is 15.9 Å². The standard InChI is InChI=1S/C14H11ClFNO2/c1-8-3-2-4-10(13(8)18)14(19)17-12-6-5-9(16)7-11(12)15/h2-7,18H,1H3,(H,17,19). The summed E-state index contributed by atoms with van der Waals surface area (Å²) in [5.74, 6) is -1.07. The van der Waals surface area contributed by atoms with Crippen molar-refractivity contribution in [2.75, 3.05) is 5.32 Å². The minimum Gasteiger partial charge on any atom is -0.507 e. The van der Waals surface area contributed by atoms with E-state index in [-0.39, 0.29) is 22.0 Å². The molecule has 0 spiro atoms. The molecule has 0 aromatic heterocycles. The van der Waals surface area contributed by atoms with Crippen molar-refractivity contribution < 1.29 is 14.3 Å². The number of nitrogens with one attached hydrogen (secondary N) is 1. The van der Waals surface area contributed by atoms with Crippen molar-refractivity contribution in [1.82, 2.24) is 0 Å². The molecule has 98 valence electrons. The molecule has 0 atom stereocenters. The van der Waals surface area contributed by atoms with Gasteiger partial charge in [-0.05, 0) is 36.8 Å². The van der Waals surface area contributed by atoms with Gasteiger partial charge in [-0.1, -0.05) is 23.7 Å². The third kappa shape index (κ3) is 2.85. The fourth-order valence-corrected chi connectivity index (χ4v) is 1.84. The van der Waals surface area contributed by atoms with E-state index in [0.29, 0.717) is 5.56 Å². The number of hydrogen-bond donors (Lipinski definition) is 2. The average molecular weight is 280 g/mol. The van der Waals surface area contributed by atoms with Crippen LogP contribution in [0.2, 0.25) is 5.02 Å². The lowest BCUT2D eigenvalue weighted by Crippen LogP contribution is -2.12. The summed E-state index contributed by atoms with van der Waals surface area (Å²) in [7, 11) is 0. The van der Waals surface area contributed by atoms with E-state index in [0.717, 1.165) is 6.07 Å². The second-order valence-corrected chi connectivity index (χ2v) is 4.46. The van der Waals surface area contributed by atoms with E-state index in [9.17, 15) is 14.3 Å². The predicted molar refractivity (Wildman–Crippen MR) is 72.2 cm³/mol. The molecule has 0 bridgehead atoms. The lowest BCUT2D eigenvalue weighted by molar-refractivity contribution is 0.102. The van der Waals surface area contributed by atoms with Gasteiger partial charge in [0.15, 0.2) is 0 Å². The number of aromatic hydroxyl groups is 1. The number of phenolic OH excluding ortho intramolecular Hbond substituents is 1. The van der Waals surface area contributed by atoms with Gasteiger partial charge in [0.25, 0.3) is 5.91 Å². The fourth-order valence-electron chi connectivity index (χ4n) is 1.62. The Labute approximate surface area is 114 Å². The highest BCUT2D eigenvalue weighted by Crippen LogP contribution is 2.26. The summed E-state index contributed by atoms with van der Waals surface area (Å²) in [6.45, 7) is 1.69. The van der Waals surface area contributed by atoms with Crippen LogP contribution in [0.5, 0.6) is 5.75 Å². The maximum Gasteiger partial charge on any atom is 0.259 e. The first-order valence-electron chi connectivity index (χ1n) is 5.54. The number of carbonyl (C=O) groups excluding carboxylic acids is 1. The summed E-state index contributed by atoms with van der Waals surface area (Å²) in [4.78, 5) is 12.0. The van der Waals surface area contributed by atoms with Crippen LogP contribution >= 0.6 is 11.6 Å². The van der Waals surface area contributed by atoms with Gasteiger partial charge in [0.05, 0.1) is 16.3 Å². The normalized spacial score (nSPS) is 10.3. The summed E-state index contributed by atoms with van der Waals surface area (Å²) in [5, 5.41) is 12.4. The third-order valence-electron chi connectivity index (χ3n) is 2.66. The summed E-state index contributed by atoms with van der Waals surface area (Å²) in [5.41, 5.74) is 1.02. The minimum atomic E-state index is -0.505. The molecule has 0 heterocycles. The number of phenols is 1. The van der Waals surface area contributed by atoms with Crippen molar-refractivity contribution >= 4 is 23.2 Å². The molecule has 5 heteroatoms. The molecule has 2 aromatic carbocycles. The maximum atomic E-state index is 12.9. The van der Waals surface area contributed by atoms with Gasteiger partial charge in [0.2, 0.25) is 0 Å². The first-order valence-corrected chi connectivity index (χ1v) is 5.92.